The van der Waals surface area contributed by atoms with E-state index in [1.165, 1.54) is 12.5 Å². The zero-order valence-corrected chi connectivity index (χ0v) is 7.24. The molecule has 0 amide bonds. The number of nitrogens with one attached hydrogen (secondary N) is 1. The van der Waals surface area contributed by atoms with Crippen LogP contribution in [0.4, 0.5) is 0 Å². The van der Waals surface area contributed by atoms with Crippen LogP contribution < -0.4 is 0 Å². The molecule has 0 unspecified atom stereocenters. The first kappa shape index (κ1) is 9.44. The number of H-pyrrole nitrogens is 1. The van der Waals surface area contributed by atoms with Gasteiger partial charge in [-0.05, 0) is 6.92 Å². The Morgan fingerprint density at radius 1 is 1.62 bits per heavy atom. The van der Waals surface area contributed by atoms with Crippen LogP contribution in [0.2, 0.25) is 0 Å². The Hall–Kier alpha value is -1.65. The highest BCUT2D eigenvalue weighted by atomic mass is 16.5. The molecule has 0 aliphatic heterocycles. The molecule has 0 atom stereocenters. The lowest BCUT2D eigenvalue weighted by molar-refractivity contribution is -0.141. The summed E-state index contributed by atoms with van der Waals surface area (Å²) in [6.45, 7) is 1.98. The molecule has 0 saturated carbocycles. The summed E-state index contributed by atoms with van der Waals surface area (Å²) in [5, 5.41) is 0. The first-order valence-corrected chi connectivity index (χ1v) is 3.91. The Morgan fingerprint density at radius 3 is 2.92 bits per heavy atom. The maximum absolute atomic E-state index is 11.2. The number of hydrogen-bond donors (Lipinski definition) is 1. The zero-order valence-electron chi connectivity index (χ0n) is 7.24. The highest BCUT2D eigenvalue weighted by Gasteiger charge is 2.12. The van der Waals surface area contributed by atoms with E-state index in [0.29, 0.717) is 5.69 Å². The smallest absolute Gasteiger partial charge is 0.313 e. The molecule has 13 heavy (non-hydrogen) atoms. The average molecular weight is 182 g/mol. The topological polar surface area (TPSA) is 72.1 Å². The molecule has 1 aromatic heterocycles. The molecule has 1 N–H and O–H groups in total. The fourth-order valence-electron chi connectivity index (χ4n) is 0.847. The predicted octanol–water partition coefficient (Wildman–Crippen LogP) is 0.546. The van der Waals surface area contributed by atoms with Gasteiger partial charge in [-0.25, -0.2) is 4.98 Å². The van der Waals surface area contributed by atoms with Crippen molar-refractivity contribution < 1.29 is 14.3 Å². The van der Waals surface area contributed by atoms with Crippen LogP contribution in [-0.4, -0.2) is 28.3 Å². The van der Waals surface area contributed by atoms with E-state index in [1.54, 1.807) is 6.92 Å². The third-order valence-corrected chi connectivity index (χ3v) is 1.41. The lowest BCUT2D eigenvalue weighted by Crippen LogP contribution is -2.11. The van der Waals surface area contributed by atoms with Crippen LogP contribution in [0, 0.1) is 0 Å². The van der Waals surface area contributed by atoms with Crippen LogP contribution >= 0.6 is 0 Å². The summed E-state index contributed by atoms with van der Waals surface area (Å²) in [5.41, 5.74) is 0.327. The van der Waals surface area contributed by atoms with E-state index < -0.39 is 5.97 Å². The van der Waals surface area contributed by atoms with E-state index in [2.05, 4.69) is 14.7 Å². The Kier molecular flexibility index (Phi) is 3.19. The van der Waals surface area contributed by atoms with Crippen molar-refractivity contribution >= 4 is 11.8 Å². The van der Waals surface area contributed by atoms with Gasteiger partial charge in [-0.2, -0.15) is 0 Å². The molecule has 0 aromatic carbocycles. The van der Waals surface area contributed by atoms with Crippen molar-refractivity contribution in [2.75, 3.05) is 6.61 Å². The van der Waals surface area contributed by atoms with Gasteiger partial charge < -0.3 is 9.72 Å². The number of Topliss-reactive ketones (excluding diaryl/α,β-unsaturated/α-hetero) is 1. The number of aromatic nitrogens is 2. The Labute approximate surface area is 75.1 Å². The Balaban J connectivity index is 2.47. The molecule has 1 aromatic rings. The summed E-state index contributed by atoms with van der Waals surface area (Å²) in [5.74, 6) is -0.821. The first-order chi connectivity index (χ1) is 6.24. The average Bonchev–Trinajstić information content (AvgIpc) is 2.55. The van der Waals surface area contributed by atoms with Crippen molar-refractivity contribution in [3.05, 3.63) is 18.2 Å². The SMILES string of the molecule is CCOC(=O)CC(=O)c1cnc[nH]1. The lowest BCUT2D eigenvalue weighted by atomic mass is 10.2. The van der Waals surface area contributed by atoms with Gasteiger partial charge in [0.25, 0.3) is 0 Å². The molecular formula is C8H10N2O3. The van der Waals surface area contributed by atoms with Crippen molar-refractivity contribution in [3.8, 4) is 0 Å². The van der Waals surface area contributed by atoms with Gasteiger partial charge in [-0.3, -0.25) is 9.59 Å². The molecule has 1 rings (SSSR count). The number of nitrogens with zero attached hydrogens (tertiary/aromatic N) is 1. The zero-order chi connectivity index (χ0) is 9.68. The summed E-state index contributed by atoms with van der Waals surface area (Å²) in [6.07, 6.45) is 2.52. The summed E-state index contributed by atoms with van der Waals surface area (Å²) in [6, 6.07) is 0. The molecule has 0 fully saturated rings. The first-order valence-electron chi connectivity index (χ1n) is 3.91. The van der Waals surface area contributed by atoms with E-state index in [4.69, 9.17) is 0 Å². The maximum Gasteiger partial charge on any atom is 0.313 e. The minimum absolute atomic E-state index is 0.240. The van der Waals surface area contributed by atoms with E-state index in [9.17, 15) is 9.59 Å². The second-order valence-corrected chi connectivity index (χ2v) is 2.37. The molecule has 0 spiro atoms. The van der Waals surface area contributed by atoms with E-state index in [1.807, 2.05) is 0 Å². The van der Waals surface area contributed by atoms with E-state index in [0.717, 1.165) is 0 Å². The highest BCUT2D eigenvalue weighted by molar-refractivity contribution is 6.04. The standard InChI is InChI=1S/C8H10N2O3/c1-2-13-8(12)3-7(11)6-4-9-5-10-6/h4-5H,2-3H2,1H3,(H,9,10). The van der Waals surface area contributed by atoms with Gasteiger partial charge in [-0.15, -0.1) is 0 Å². The largest absolute Gasteiger partial charge is 0.466 e. The molecule has 1 heterocycles. The van der Waals surface area contributed by atoms with Crippen molar-refractivity contribution in [1.29, 1.82) is 0 Å². The molecule has 70 valence electrons. The summed E-state index contributed by atoms with van der Waals surface area (Å²) < 4.78 is 4.62. The minimum atomic E-state index is -0.512. The van der Waals surface area contributed by atoms with E-state index >= 15 is 0 Å². The van der Waals surface area contributed by atoms with Gasteiger partial charge in [0, 0.05) is 0 Å². The van der Waals surface area contributed by atoms with Crippen LogP contribution in [0.5, 0.6) is 0 Å². The van der Waals surface area contributed by atoms with Gasteiger partial charge in [0.15, 0.2) is 5.78 Å². The van der Waals surface area contributed by atoms with E-state index in [-0.39, 0.29) is 18.8 Å². The molecule has 0 saturated heterocycles. The third-order valence-electron chi connectivity index (χ3n) is 1.41. The van der Waals surface area contributed by atoms with Crippen LogP contribution in [0.25, 0.3) is 0 Å². The highest BCUT2D eigenvalue weighted by Crippen LogP contribution is 1.98. The van der Waals surface area contributed by atoms with Crippen LogP contribution in [0.15, 0.2) is 12.5 Å². The summed E-state index contributed by atoms with van der Waals surface area (Å²) in [4.78, 5) is 28.4. The van der Waals surface area contributed by atoms with Crippen molar-refractivity contribution in [3.63, 3.8) is 0 Å². The number of carbonyl (C=O) groups excluding carboxylic acids is 2. The molecular weight excluding hydrogens is 172 g/mol. The van der Waals surface area contributed by atoms with Crippen molar-refractivity contribution in [1.82, 2.24) is 9.97 Å². The van der Waals surface area contributed by atoms with Crippen LogP contribution in [0.3, 0.4) is 0 Å². The molecule has 0 aliphatic carbocycles. The quantitative estimate of drug-likeness (QED) is 0.419. The minimum Gasteiger partial charge on any atom is -0.466 e. The van der Waals surface area contributed by atoms with Gasteiger partial charge in [0.05, 0.1) is 19.1 Å². The molecule has 5 heteroatoms. The molecule has 0 bridgehead atoms. The number of ether oxygens (including phenoxy) is 1. The second kappa shape index (κ2) is 4.39. The van der Waals surface area contributed by atoms with Gasteiger partial charge in [0.2, 0.25) is 0 Å². The fraction of sp³-hybridized carbons (Fsp3) is 0.375. The fourth-order valence-corrected chi connectivity index (χ4v) is 0.847. The Bertz CT molecular complexity index is 292. The molecule has 0 radical (unpaired) electrons. The number of ketones is 1. The Morgan fingerprint density at radius 2 is 2.38 bits per heavy atom. The number of carbonyl (C=O) groups is 2. The van der Waals surface area contributed by atoms with Crippen molar-refractivity contribution in [2.24, 2.45) is 0 Å². The predicted molar refractivity (Wildman–Crippen MR) is 44.2 cm³/mol. The third kappa shape index (κ3) is 2.70. The van der Waals surface area contributed by atoms with Crippen molar-refractivity contribution in [2.45, 2.75) is 13.3 Å². The molecule has 0 aliphatic rings. The van der Waals surface area contributed by atoms with Crippen LogP contribution in [-0.2, 0) is 9.53 Å². The summed E-state index contributed by atoms with van der Waals surface area (Å²) in [7, 11) is 0. The normalized spacial score (nSPS) is 9.62. The number of hydrogen-bond acceptors (Lipinski definition) is 4. The monoisotopic (exact) mass is 182 g/mol. The second-order valence-electron chi connectivity index (χ2n) is 2.37. The number of esters is 1. The maximum atomic E-state index is 11.2. The lowest BCUT2D eigenvalue weighted by Gasteiger charge is -1.98. The van der Waals surface area contributed by atoms with Crippen LogP contribution in [0.1, 0.15) is 23.8 Å². The number of imidazole rings is 1. The van der Waals surface area contributed by atoms with Gasteiger partial charge in [-0.1, -0.05) is 0 Å². The number of rotatable bonds is 4. The van der Waals surface area contributed by atoms with Gasteiger partial charge >= 0.3 is 5.97 Å². The van der Waals surface area contributed by atoms with Gasteiger partial charge in [0.1, 0.15) is 12.1 Å². The molecule has 5 nitrogen and oxygen atoms in total. The summed E-state index contributed by atoms with van der Waals surface area (Å²) >= 11 is 0. The number of aromatic amines is 1.